The second kappa shape index (κ2) is 5.02. The van der Waals surface area contributed by atoms with Crippen molar-refractivity contribution in [2.45, 2.75) is 25.3 Å². The number of hydrogen-bond donors (Lipinski definition) is 1. The van der Waals surface area contributed by atoms with E-state index in [-0.39, 0.29) is 12.1 Å². The molecule has 2 N–H and O–H groups in total. The van der Waals surface area contributed by atoms with Crippen LogP contribution in [-0.2, 0) is 6.42 Å². The molecular formula is C17H23N3O. The zero-order valence-corrected chi connectivity index (χ0v) is 12.4. The number of carbonyl (C=O) groups is 1. The van der Waals surface area contributed by atoms with Crippen LogP contribution >= 0.6 is 0 Å². The first kappa shape index (κ1) is 13.1. The van der Waals surface area contributed by atoms with Crippen molar-refractivity contribution in [2.24, 2.45) is 17.6 Å². The molecule has 3 saturated heterocycles. The first-order chi connectivity index (χ1) is 10.2. The molecule has 2 bridgehead atoms. The Morgan fingerprint density at radius 2 is 1.90 bits per heavy atom. The maximum absolute atomic E-state index is 12.0. The van der Waals surface area contributed by atoms with Gasteiger partial charge in [0.2, 0.25) is 0 Å². The summed E-state index contributed by atoms with van der Waals surface area (Å²) in [5.41, 5.74) is 8.43. The maximum atomic E-state index is 12.0. The van der Waals surface area contributed by atoms with Gasteiger partial charge in [-0.1, -0.05) is 24.3 Å². The molecule has 1 aromatic carbocycles. The van der Waals surface area contributed by atoms with Crippen molar-refractivity contribution in [1.29, 1.82) is 0 Å². The first-order valence-corrected chi connectivity index (χ1v) is 8.10. The van der Waals surface area contributed by atoms with E-state index in [9.17, 15) is 4.79 Å². The lowest BCUT2D eigenvalue weighted by molar-refractivity contribution is 0.00260. The fourth-order valence-corrected chi connectivity index (χ4v) is 4.68. The molecule has 4 aliphatic rings. The summed E-state index contributed by atoms with van der Waals surface area (Å²) in [4.78, 5) is 16.4. The van der Waals surface area contributed by atoms with Gasteiger partial charge in [0, 0.05) is 13.1 Å². The van der Waals surface area contributed by atoms with E-state index in [1.165, 1.54) is 37.1 Å². The van der Waals surface area contributed by atoms with Gasteiger partial charge >= 0.3 is 6.03 Å². The summed E-state index contributed by atoms with van der Waals surface area (Å²) in [7, 11) is 0. The number of rotatable bonds is 1. The topological polar surface area (TPSA) is 49.6 Å². The normalized spacial score (nSPS) is 34.6. The van der Waals surface area contributed by atoms with E-state index in [4.69, 9.17) is 5.73 Å². The van der Waals surface area contributed by atoms with Crippen LogP contribution in [0.15, 0.2) is 24.3 Å². The average Bonchev–Trinajstić information content (AvgIpc) is 2.54. The van der Waals surface area contributed by atoms with Gasteiger partial charge in [-0.3, -0.25) is 0 Å². The molecule has 4 heterocycles. The Kier molecular flexibility index (Phi) is 3.14. The van der Waals surface area contributed by atoms with Crippen molar-refractivity contribution in [2.75, 3.05) is 26.2 Å². The van der Waals surface area contributed by atoms with Crippen molar-refractivity contribution in [3.63, 3.8) is 0 Å². The molecule has 0 saturated carbocycles. The smallest absolute Gasteiger partial charge is 0.315 e. The van der Waals surface area contributed by atoms with Crippen LogP contribution < -0.4 is 5.73 Å². The fourth-order valence-electron chi connectivity index (χ4n) is 4.68. The highest BCUT2D eigenvalue weighted by Crippen LogP contribution is 2.44. The van der Waals surface area contributed by atoms with Gasteiger partial charge in [-0.05, 0) is 55.3 Å². The Labute approximate surface area is 125 Å². The van der Waals surface area contributed by atoms with E-state index in [1.807, 2.05) is 4.90 Å². The summed E-state index contributed by atoms with van der Waals surface area (Å²) < 4.78 is 0. The molecule has 0 radical (unpaired) electrons. The van der Waals surface area contributed by atoms with Crippen LogP contribution in [0.1, 0.15) is 30.0 Å². The molecule has 1 aromatic rings. The average molecular weight is 285 g/mol. The number of piperidine rings is 3. The van der Waals surface area contributed by atoms with E-state index in [0.29, 0.717) is 5.92 Å². The van der Waals surface area contributed by atoms with Crippen molar-refractivity contribution in [3.8, 4) is 0 Å². The quantitative estimate of drug-likeness (QED) is 0.858. The Morgan fingerprint density at radius 1 is 1.14 bits per heavy atom. The molecule has 112 valence electrons. The number of hydrogen-bond acceptors (Lipinski definition) is 2. The number of nitrogens with zero attached hydrogens (tertiary/aromatic N) is 2. The highest BCUT2D eigenvalue weighted by atomic mass is 16.2. The Hall–Kier alpha value is -1.55. The molecule has 4 nitrogen and oxygen atoms in total. The van der Waals surface area contributed by atoms with E-state index >= 15 is 0 Å². The van der Waals surface area contributed by atoms with Crippen molar-refractivity contribution < 1.29 is 4.79 Å². The lowest BCUT2D eigenvalue weighted by atomic mass is 9.71. The third-order valence-corrected chi connectivity index (χ3v) is 5.73. The van der Waals surface area contributed by atoms with E-state index in [2.05, 4.69) is 29.2 Å². The summed E-state index contributed by atoms with van der Waals surface area (Å²) in [6.45, 7) is 4.34. The summed E-state index contributed by atoms with van der Waals surface area (Å²) in [6.07, 6.45) is 3.47. The minimum Gasteiger partial charge on any atom is -0.351 e. The number of nitrogens with two attached hydrogens (primary N) is 1. The van der Waals surface area contributed by atoms with Crippen LogP contribution in [0.2, 0.25) is 0 Å². The standard InChI is InChI=1S/C17H23N3O/c18-17(21)20-10-7-12-3-1-2-4-14(12)16(20)15-11-19-8-5-13(15)6-9-19/h1-4,13,15-16H,5-11H2,(H2,18,21)/t15-,16?/m1/s1. The summed E-state index contributed by atoms with van der Waals surface area (Å²) in [5, 5.41) is 0. The van der Waals surface area contributed by atoms with E-state index in [0.717, 1.165) is 25.4 Å². The van der Waals surface area contributed by atoms with Crippen LogP contribution in [0.25, 0.3) is 0 Å². The molecule has 0 aliphatic carbocycles. The number of benzene rings is 1. The van der Waals surface area contributed by atoms with Gasteiger partial charge in [-0.25, -0.2) is 4.79 Å². The second-order valence-electron chi connectivity index (χ2n) is 6.73. The Morgan fingerprint density at radius 3 is 2.57 bits per heavy atom. The largest absolute Gasteiger partial charge is 0.351 e. The molecular weight excluding hydrogens is 262 g/mol. The molecule has 2 atom stereocenters. The van der Waals surface area contributed by atoms with Gasteiger partial charge in [0.25, 0.3) is 0 Å². The molecule has 3 fully saturated rings. The van der Waals surface area contributed by atoms with E-state index in [1.54, 1.807) is 0 Å². The third kappa shape index (κ3) is 2.13. The molecule has 4 aliphatic heterocycles. The molecule has 1 unspecified atom stereocenters. The highest BCUT2D eigenvalue weighted by Gasteiger charge is 2.43. The summed E-state index contributed by atoms with van der Waals surface area (Å²) in [5.74, 6) is 1.29. The van der Waals surface area contributed by atoms with Crippen LogP contribution in [0.4, 0.5) is 4.79 Å². The number of fused-ring (bicyclic) bond motifs is 4. The van der Waals surface area contributed by atoms with E-state index < -0.39 is 0 Å². The number of primary amides is 1. The fraction of sp³-hybridized carbons (Fsp3) is 0.588. The lowest BCUT2D eigenvalue weighted by Gasteiger charge is -2.51. The van der Waals surface area contributed by atoms with Crippen LogP contribution in [-0.4, -0.2) is 42.0 Å². The molecule has 2 amide bonds. The third-order valence-electron chi connectivity index (χ3n) is 5.73. The minimum atomic E-state index is -0.258. The van der Waals surface area contributed by atoms with Gasteiger partial charge in [0.15, 0.2) is 0 Å². The SMILES string of the molecule is NC(=O)N1CCc2ccccc2C1[C@@H]1CN2CCC1CC2. The van der Waals surface area contributed by atoms with Gasteiger partial charge in [0.1, 0.15) is 0 Å². The lowest BCUT2D eigenvalue weighted by Crippen LogP contribution is -2.55. The predicted octanol–water partition coefficient (Wildman–Crippen LogP) is 2.01. The van der Waals surface area contributed by atoms with Crippen molar-refractivity contribution in [3.05, 3.63) is 35.4 Å². The number of amides is 2. The van der Waals surface area contributed by atoms with Gasteiger partial charge in [-0.2, -0.15) is 0 Å². The highest BCUT2D eigenvalue weighted by molar-refractivity contribution is 5.73. The van der Waals surface area contributed by atoms with Crippen molar-refractivity contribution in [1.82, 2.24) is 9.80 Å². The molecule has 0 spiro atoms. The molecule has 21 heavy (non-hydrogen) atoms. The summed E-state index contributed by atoms with van der Waals surface area (Å²) >= 11 is 0. The number of carbonyl (C=O) groups excluding carboxylic acids is 1. The van der Waals surface area contributed by atoms with Crippen molar-refractivity contribution >= 4 is 6.03 Å². The van der Waals surface area contributed by atoms with Crippen LogP contribution in [0, 0.1) is 11.8 Å². The Balaban J connectivity index is 1.74. The predicted molar refractivity (Wildman–Crippen MR) is 81.8 cm³/mol. The van der Waals surface area contributed by atoms with Gasteiger partial charge in [0.05, 0.1) is 6.04 Å². The minimum absolute atomic E-state index is 0.181. The van der Waals surface area contributed by atoms with Crippen LogP contribution in [0.5, 0.6) is 0 Å². The molecule has 5 rings (SSSR count). The maximum Gasteiger partial charge on any atom is 0.315 e. The second-order valence-corrected chi connectivity index (χ2v) is 6.73. The van der Waals surface area contributed by atoms with Gasteiger partial charge in [-0.15, -0.1) is 0 Å². The summed E-state index contributed by atoms with van der Waals surface area (Å²) in [6, 6.07) is 8.53. The first-order valence-electron chi connectivity index (χ1n) is 8.10. The van der Waals surface area contributed by atoms with Gasteiger partial charge < -0.3 is 15.5 Å². The monoisotopic (exact) mass is 285 g/mol. The zero-order valence-electron chi connectivity index (χ0n) is 12.4. The molecule has 0 aromatic heterocycles. The Bertz CT molecular complexity index is 551. The zero-order chi connectivity index (χ0) is 14.4. The van der Waals surface area contributed by atoms with Crippen LogP contribution in [0.3, 0.4) is 0 Å². The molecule has 4 heteroatoms. The number of urea groups is 1.